The summed E-state index contributed by atoms with van der Waals surface area (Å²) in [7, 11) is 1.58. The van der Waals surface area contributed by atoms with Crippen LogP contribution in [-0.4, -0.2) is 40.6 Å². The van der Waals surface area contributed by atoms with Gasteiger partial charge in [-0.05, 0) is 36.4 Å². The zero-order valence-electron chi connectivity index (χ0n) is 14.9. The molecule has 0 aliphatic carbocycles. The molecular weight excluding hydrogens is 418 g/mol. The predicted octanol–water partition coefficient (Wildman–Crippen LogP) is 2.33. The van der Waals surface area contributed by atoms with Crippen molar-refractivity contribution < 1.29 is 19.5 Å². The van der Waals surface area contributed by atoms with Crippen LogP contribution in [-0.2, 0) is 9.59 Å². The third-order valence-corrected chi connectivity index (χ3v) is 5.78. The van der Waals surface area contributed by atoms with Gasteiger partial charge in [0.05, 0.1) is 27.2 Å². The van der Waals surface area contributed by atoms with E-state index in [9.17, 15) is 19.5 Å². The molecule has 0 saturated carbocycles. The standard InChI is InChI=1S/C18H14ClN5O4S/c1-24-12-5-2-8(16(27)28)6-11(12)22-18(24,14(25)15(20)26)23-17-21-10-4-3-9(19)7-13(10)29-17/h2-7,22H,1H3,(H2,20,26)(H,21,23)(H,27,28). The van der Waals surface area contributed by atoms with Crippen LogP contribution in [0.25, 0.3) is 10.2 Å². The van der Waals surface area contributed by atoms with Crippen molar-refractivity contribution in [3.8, 4) is 0 Å². The second kappa shape index (κ2) is 6.61. The van der Waals surface area contributed by atoms with Crippen LogP contribution in [0.5, 0.6) is 0 Å². The Morgan fingerprint density at radius 1 is 1.28 bits per heavy atom. The lowest BCUT2D eigenvalue weighted by Gasteiger charge is -2.35. The highest BCUT2D eigenvalue weighted by atomic mass is 35.5. The minimum atomic E-state index is -1.76. The number of ketones is 1. The Morgan fingerprint density at radius 2 is 2.03 bits per heavy atom. The number of nitrogens with zero attached hydrogens (tertiary/aromatic N) is 2. The van der Waals surface area contributed by atoms with Gasteiger partial charge < -0.3 is 26.4 Å². The largest absolute Gasteiger partial charge is 0.478 e. The van der Waals surface area contributed by atoms with Crippen LogP contribution >= 0.6 is 22.9 Å². The molecule has 29 heavy (non-hydrogen) atoms. The molecule has 1 atom stereocenters. The van der Waals surface area contributed by atoms with Crippen molar-refractivity contribution in [2.75, 3.05) is 22.6 Å². The topological polar surface area (TPSA) is 138 Å². The number of Topliss-reactive ketones (excluding diaryl/α,β-unsaturated/α-hetero) is 1. The van der Waals surface area contributed by atoms with E-state index in [1.165, 1.54) is 28.4 Å². The lowest BCUT2D eigenvalue weighted by atomic mass is 10.1. The summed E-state index contributed by atoms with van der Waals surface area (Å²) >= 11 is 7.26. The van der Waals surface area contributed by atoms with Gasteiger partial charge in [-0.1, -0.05) is 22.9 Å². The van der Waals surface area contributed by atoms with E-state index >= 15 is 0 Å². The molecule has 0 radical (unpaired) electrons. The highest BCUT2D eigenvalue weighted by Gasteiger charge is 2.51. The van der Waals surface area contributed by atoms with Crippen LogP contribution in [0, 0.1) is 0 Å². The van der Waals surface area contributed by atoms with Gasteiger partial charge in [0.1, 0.15) is 0 Å². The Bertz CT molecular complexity index is 1200. The first kappa shape index (κ1) is 19.0. The summed E-state index contributed by atoms with van der Waals surface area (Å²) in [5, 5.41) is 16.0. The number of rotatable bonds is 5. The molecule has 1 amide bonds. The number of thiazole rings is 1. The number of carbonyl (C=O) groups is 3. The zero-order chi connectivity index (χ0) is 20.9. The second-order valence-corrected chi connectivity index (χ2v) is 7.85. The lowest BCUT2D eigenvalue weighted by molar-refractivity contribution is -0.138. The van der Waals surface area contributed by atoms with E-state index in [0.29, 0.717) is 27.0 Å². The molecule has 0 saturated heterocycles. The first-order chi connectivity index (χ1) is 13.7. The van der Waals surface area contributed by atoms with Gasteiger partial charge in [0, 0.05) is 12.1 Å². The summed E-state index contributed by atoms with van der Waals surface area (Å²) in [5.41, 5.74) is 6.87. The van der Waals surface area contributed by atoms with Gasteiger partial charge in [-0.25, -0.2) is 9.78 Å². The van der Waals surface area contributed by atoms with Crippen LogP contribution in [0.1, 0.15) is 10.4 Å². The van der Waals surface area contributed by atoms with Gasteiger partial charge in [0.2, 0.25) is 0 Å². The molecule has 1 aliphatic heterocycles. The van der Waals surface area contributed by atoms with Crippen LogP contribution < -0.4 is 21.3 Å². The SMILES string of the molecule is CN1c2ccc(C(=O)O)cc2NC1(Nc1nc2ccc(Cl)cc2s1)C(=O)C(N)=O. The molecule has 0 fully saturated rings. The number of amides is 1. The molecule has 2 heterocycles. The second-order valence-electron chi connectivity index (χ2n) is 6.38. The van der Waals surface area contributed by atoms with Crippen molar-refractivity contribution in [2.45, 2.75) is 5.79 Å². The maximum Gasteiger partial charge on any atom is 0.335 e. The number of hydrogen-bond donors (Lipinski definition) is 4. The van der Waals surface area contributed by atoms with Crippen LogP contribution in [0.15, 0.2) is 36.4 Å². The Balaban J connectivity index is 1.80. The molecule has 11 heteroatoms. The quantitative estimate of drug-likeness (QED) is 0.451. The number of aromatic nitrogens is 1. The number of nitrogens with two attached hydrogens (primary N) is 1. The Hall–Kier alpha value is -3.37. The molecule has 5 N–H and O–H groups in total. The van der Waals surface area contributed by atoms with E-state index in [-0.39, 0.29) is 5.56 Å². The molecule has 0 spiro atoms. The zero-order valence-corrected chi connectivity index (χ0v) is 16.5. The molecule has 3 aromatic rings. The van der Waals surface area contributed by atoms with E-state index in [1.54, 1.807) is 31.3 Å². The van der Waals surface area contributed by atoms with Gasteiger partial charge in [0.25, 0.3) is 17.5 Å². The average molecular weight is 432 g/mol. The number of hydrogen-bond acceptors (Lipinski definition) is 8. The first-order valence-corrected chi connectivity index (χ1v) is 9.48. The molecule has 4 rings (SSSR count). The molecule has 1 unspecified atom stereocenters. The molecule has 148 valence electrons. The fourth-order valence-electron chi connectivity index (χ4n) is 3.19. The highest BCUT2D eigenvalue weighted by molar-refractivity contribution is 7.22. The van der Waals surface area contributed by atoms with Gasteiger partial charge in [-0.15, -0.1) is 0 Å². The van der Waals surface area contributed by atoms with Crippen molar-refractivity contribution >= 4 is 67.3 Å². The van der Waals surface area contributed by atoms with Crippen molar-refractivity contribution in [3.63, 3.8) is 0 Å². The van der Waals surface area contributed by atoms with Crippen molar-refractivity contribution in [2.24, 2.45) is 5.73 Å². The van der Waals surface area contributed by atoms with E-state index < -0.39 is 23.4 Å². The van der Waals surface area contributed by atoms with Crippen LogP contribution in [0.4, 0.5) is 16.5 Å². The first-order valence-electron chi connectivity index (χ1n) is 8.29. The number of primary amides is 1. The maximum atomic E-state index is 12.8. The smallest absolute Gasteiger partial charge is 0.335 e. The monoisotopic (exact) mass is 431 g/mol. The summed E-state index contributed by atoms with van der Waals surface area (Å²) in [5.74, 6) is -4.99. The molecule has 2 aromatic carbocycles. The van der Waals surface area contributed by atoms with E-state index in [2.05, 4.69) is 15.6 Å². The summed E-state index contributed by atoms with van der Waals surface area (Å²) in [4.78, 5) is 41.8. The predicted molar refractivity (Wildman–Crippen MR) is 111 cm³/mol. The van der Waals surface area contributed by atoms with Gasteiger partial charge >= 0.3 is 5.97 Å². The maximum absolute atomic E-state index is 12.8. The molecule has 0 bridgehead atoms. The number of carboxylic acid groups (broad SMARTS) is 1. The number of likely N-dealkylation sites (N-methyl/N-ethyl adjacent to an activating group) is 1. The minimum Gasteiger partial charge on any atom is -0.478 e. The Labute approximate surface area is 173 Å². The third kappa shape index (κ3) is 3.02. The molecular formula is C18H14ClN5O4S. The summed E-state index contributed by atoms with van der Waals surface area (Å²) in [6, 6.07) is 9.50. The van der Waals surface area contributed by atoms with Crippen LogP contribution in [0.2, 0.25) is 5.02 Å². The van der Waals surface area contributed by atoms with Gasteiger partial charge in [-0.2, -0.15) is 0 Å². The number of aromatic carboxylic acids is 1. The van der Waals surface area contributed by atoms with Gasteiger partial charge in [-0.3, -0.25) is 9.59 Å². The number of nitrogens with one attached hydrogen (secondary N) is 2. The van der Waals surface area contributed by atoms with Gasteiger partial charge in [0.15, 0.2) is 5.13 Å². The Kier molecular flexibility index (Phi) is 4.32. The number of anilines is 3. The van der Waals surface area contributed by atoms with E-state index in [1.807, 2.05) is 0 Å². The fourth-order valence-corrected chi connectivity index (χ4v) is 4.38. The molecule has 1 aromatic heterocycles. The Morgan fingerprint density at radius 3 is 2.72 bits per heavy atom. The number of fused-ring (bicyclic) bond motifs is 2. The number of carbonyl (C=O) groups excluding carboxylic acids is 2. The molecule has 1 aliphatic rings. The minimum absolute atomic E-state index is 0.0293. The van der Waals surface area contributed by atoms with Crippen molar-refractivity contribution in [1.82, 2.24) is 4.98 Å². The molecule has 9 nitrogen and oxygen atoms in total. The number of halogens is 1. The average Bonchev–Trinajstić information content (AvgIpc) is 3.19. The summed E-state index contributed by atoms with van der Waals surface area (Å²) in [6.07, 6.45) is 0. The lowest BCUT2D eigenvalue weighted by Crippen LogP contribution is -2.64. The normalized spacial score (nSPS) is 17.7. The third-order valence-electron chi connectivity index (χ3n) is 4.61. The van der Waals surface area contributed by atoms with Crippen molar-refractivity contribution in [1.29, 1.82) is 0 Å². The fraction of sp³-hybridized carbons (Fsp3) is 0.111. The summed E-state index contributed by atoms with van der Waals surface area (Å²) in [6.45, 7) is 0. The van der Waals surface area contributed by atoms with Crippen molar-refractivity contribution in [3.05, 3.63) is 47.0 Å². The highest BCUT2D eigenvalue weighted by Crippen LogP contribution is 2.41. The number of benzene rings is 2. The summed E-state index contributed by atoms with van der Waals surface area (Å²) < 4.78 is 0.785. The number of carboxylic acids is 1. The van der Waals surface area contributed by atoms with E-state index in [4.69, 9.17) is 17.3 Å². The van der Waals surface area contributed by atoms with Crippen LogP contribution in [0.3, 0.4) is 0 Å². The van der Waals surface area contributed by atoms with E-state index in [0.717, 1.165) is 4.70 Å².